The van der Waals surface area contributed by atoms with Gasteiger partial charge in [0.05, 0.1) is 7.11 Å². The van der Waals surface area contributed by atoms with E-state index >= 15 is 0 Å². The topological polar surface area (TPSA) is 59.1 Å². The third kappa shape index (κ3) is 6.52. The SMILES string of the molecule is COC(=O)C=Cc1ccc(CN2CCN(C(=O)OC(C)(C)C)CC2)cc1. The Bertz CT molecular complexity index is 639. The molecule has 0 unspecified atom stereocenters. The first kappa shape index (κ1) is 20.0. The number of nitrogens with zero attached hydrogens (tertiary/aromatic N) is 2. The van der Waals surface area contributed by atoms with E-state index in [1.165, 1.54) is 18.7 Å². The molecule has 0 aliphatic carbocycles. The number of hydrogen-bond acceptors (Lipinski definition) is 5. The van der Waals surface area contributed by atoms with Crippen LogP contribution in [-0.2, 0) is 20.8 Å². The third-order valence-corrected chi connectivity index (χ3v) is 4.02. The molecule has 1 saturated heterocycles. The van der Waals surface area contributed by atoms with Crippen LogP contribution < -0.4 is 0 Å². The summed E-state index contributed by atoms with van der Waals surface area (Å²) in [6.07, 6.45) is 2.90. The number of carbonyl (C=O) groups is 2. The first-order valence-electron chi connectivity index (χ1n) is 8.82. The van der Waals surface area contributed by atoms with Crippen molar-refractivity contribution in [2.45, 2.75) is 32.9 Å². The highest BCUT2D eigenvalue weighted by Gasteiger charge is 2.25. The maximum Gasteiger partial charge on any atom is 0.410 e. The third-order valence-electron chi connectivity index (χ3n) is 4.02. The van der Waals surface area contributed by atoms with E-state index in [0.717, 1.165) is 25.2 Å². The predicted molar refractivity (Wildman–Crippen MR) is 101 cm³/mol. The molecule has 0 aromatic heterocycles. The smallest absolute Gasteiger partial charge is 0.410 e. The molecule has 0 bridgehead atoms. The monoisotopic (exact) mass is 360 g/mol. The van der Waals surface area contributed by atoms with E-state index in [-0.39, 0.29) is 12.1 Å². The lowest BCUT2D eigenvalue weighted by Gasteiger charge is -2.35. The van der Waals surface area contributed by atoms with Gasteiger partial charge in [-0.2, -0.15) is 0 Å². The molecule has 1 fully saturated rings. The summed E-state index contributed by atoms with van der Waals surface area (Å²) in [6, 6.07) is 8.06. The highest BCUT2D eigenvalue weighted by Crippen LogP contribution is 2.14. The number of carbonyl (C=O) groups excluding carboxylic acids is 2. The van der Waals surface area contributed by atoms with Gasteiger partial charge < -0.3 is 14.4 Å². The van der Waals surface area contributed by atoms with Gasteiger partial charge in [-0.3, -0.25) is 4.90 Å². The molecule has 1 aromatic rings. The average molecular weight is 360 g/mol. The van der Waals surface area contributed by atoms with Crippen molar-refractivity contribution in [3.05, 3.63) is 41.5 Å². The summed E-state index contributed by atoms with van der Waals surface area (Å²) in [5.41, 5.74) is 1.69. The molecule has 0 spiro atoms. The molecule has 1 aromatic carbocycles. The van der Waals surface area contributed by atoms with Gasteiger partial charge in [0.2, 0.25) is 0 Å². The highest BCUT2D eigenvalue weighted by molar-refractivity contribution is 5.86. The lowest BCUT2D eigenvalue weighted by Crippen LogP contribution is -2.49. The van der Waals surface area contributed by atoms with Crippen molar-refractivity contribution in [3.8, 4) is 0 Å². The Morgan fingerprint density at radius 2 is 1.69 bits per heavy atom. The Morgan fingerprint density at radius 3 is 2.23 bits per heavy atom. The molecule has 0 radical (unpaired) electrons. The van der Waals surface area contributed by atoms with Crippen LogP contribution in [0.2, 0.25) is 0 Å². The van der Waals surface area contributed by atoms with Gasteiger partial charge in [-0.15, -0.1) is 0 Å². The van der Waals surface area contributed by atoms with Gasteiger partial charge in [0, 0.05) is 38.8 Å². The van der Waals surface area contributed by atoms with Crippen molar-refractivity contribution in [1.29, 1.82) is 0 Å². The van der Waals surface area contributed by atoms with Crippen LogP contribution in [0.3, 0.4) is 0 Å². The maximum atomic E-state index is 12.1. The fourth-order valence-corrected chi connectivity index (χ4v) is 2.64. The van der Waals surface area contributed by atoms with E-state index < -0.39 is 5.60 Å². The van der Waals surface area contributed by atoms with E-state index in [1.807, 2.05) is 32.9 Å². The molecule has 0 N–H and O–H groups in total. The number of piperazine rings is 1. The molecule has 2 rings (SSSR count). The number of esters is 1. The molecule has 142 valence electrons. The van der Waals surface area contributed by atoms with Crippen LogP contribution >= 0.6 is 0 Å². The molecule has 1 aliphatic rings. The molecule has 1 aliphatic heterocycles. The zero-order valence-corrected chi connectivity index (χ0v) is 16.0. The fourth-order valence-electron chi connectivity index (χ4n) is 2.64. The van der Waals surface area contributed by atoms with Crippen LogP contribution in [0.25, 0.3) is 6.08 Å². The standard InChI is InChI=1S/C20H28N2O4/c1-20(2,3)26-19(24)22-13-11-21(12-14-22)15-17-7-5-16(6-8-17)9-10-18(23)25-4/h5-10H,11-15H2,1-4H3. The Hall–Kier alpha value is -2.34. The van der Waals surface area contributed by atoms with Gasteiger partial charge >= 0.3 is 12.1 Å². The number of rotatable bonds is 4. The molecule has 1 amide bonds. The second kappa shape index (κ2) is 8.85. The van der Waals surface area contributed by atoms with Crippen molar-refractivity contribution in [2.75, 3.05) is 33.3 Å². The second-order valence-corrected chi connectivity index (χ2v) is 7.34. The zero-order chi connectivity index (χ0) is 19.2. The number of methoxy groups -OCH3 is 1. The van der Waals surface area contributed by atoms with Gasteiger partial charge in [0.1, 0.15) is 5.60 Å². The summed E-state index contributed by atoms with van der Waals surface area (Å²) >= 11 is 0. The maximum absolute atomic E-state index is 12.1. The first-order valence-corrected chi connectivity index (χ1v) is 8.82. The van der Waals surface area contributed by atoms with E-state index in [4.69, 9.17) is 4.74 Å². The van der Waals surface area contributed by atoms with Gasteiger partial charge in [0.15, 0.2) is 0 Å². The summed E-state index contributed by atoms with van der Waals surface area (Å²) in [5, 5.41) is 0. The zero-order valence-electron chi connectivity index (χ0n) is 16.0. The highest BCUT2D eigenvalue weighted by atomic mass is 16.6. The molecular formula is C20H28N2O4. The summed E-state index contributed by atoms with van der Waals surface area (Å²) in [5.74, 6) is -0.364. The van der Waals surface area contributed by atoms with Crippen LogP contribution in [-0.4, -0.2) is 60.8 Å². The molecular weight excluding hydrogens is 332 g/mol. The van der Waals surface area contributed by atoms with Crippen molar-refractivity contribution in [3.63, 3.8) is 0 Å². The van der Waals surface area contributed by atoms with Crippen LogP contribution in [0.15, 0.2) is 30.3 Å². The quantitative estimate of drug-likeness (QED) is 0.610. The van der Waals surface area contributed by atoms with Crippen molar-refractivity contribution in [2.24, 2.45) is 0 Å². The molecule has 26 heavy (non-hydrogen) atoms. The van der Waals surface area contributed by atoms with Crippen LogP contribution in [0.1, 0.15) is 31.9 Å². The van der Waals surface area contributed by atoms with Crippen LogP contribution in [0.5, 0.6) is 0 Å². The van der Waals surface area contributed by atoms with Crippen LogP contribution in [0.4, 0.5) is 4.79 Å². The van der Waals surface area contributed by atoms with Crippen LogP contribution in [0, 0.1) is 0 Å². The molecule has 1 heterocycles. The van der Waals surface area contributed by atoms with Gasteiger partial charge in [-0.1, -0.05) is 24.3 Å². The van der Waals surface area contributed by atoms with E-state index in [9.17, 15) is 9.59 Å². The van der Waals surface area contributed by atoms with E-state index in [1.54, 1.807) is 11.0 Å². The van der Waals surface area contributed by atoms with Gasteiger partial charge in [0.25, 0.3) is 0 Å². The lowest BCUT2D eigenvalue weighted by molar-refractivity contribution is -0.134. The summed E-state index contributed by atoms with van der Waals surface area (Å²) in [6.45, 7) is 9.47. The minimum atomic E-state index is -0.460. The number of hydrogen-bond donors (Lipinski definition) is 0. The summed E-state index contributed by atoms with van der Waals surface area (Å²) in [4.78, 5) is 27.3. The van der Waals surface area contributed by atoms with E-state index in [0.29, 0.717) is 13.1 Å². The second-order valence-electron chi connectivity index (χ2n) is 7.34. The Balaban J connectivity index is 1.81. The van der Waals surface area contributed by atoms with Crippen molar-refractivity contribution in [1.82, 2.24) is 9.80 Å². The largest absolute Gasteiger partial charge is 0.466 e. The first-order chi connectivity index (χ1) is 12.3. The summed E-state index contributed by atoms with van der Waals surface area (Å²) in [7, 11) is 1.36. The van der Waals surface area contributed by atoms with E-state index in [2.05, 4.69) is 21.8 Å². The Kier molecular flexibility index (Phi) is 6.80. The average Bonchev–Trinajstić information content (AvgIpc) is 2.60. The van der Waals surface area contributed by atoms with Crippen molar-refractivity contribution < 1.29 is 19.1 Å². The number of ether oxygens (including phenoxy) is 2. The minimum Gasteiger partial charge on any atom is -0.466 e. The number of amides is 1. The molecule has 6 nitrogen and oxygen atoms in total. The van der Waals surface area contributed by atoms with Crippen molar-refractivity contribution >= 4 is 18.1 Å². The normalized spacial score (nSPS) is 15.9. The van der Waals surface area contributed by atoms with Gasteiger partial charge in [-0.25, -0.2) is 9.59 Å². The fraction of sp³-hybridized carbons (Fsp3) is 0.500. The number of benzene rings is 1. The lowest BCUT2D eigenvalue weighted by atomic mass is 10.1. The Morgan fingerprint density at radius 1 is 1.08 bits per heavy atom. The Labute approximate surface area is 155 Å². The minimum absolute atomic E-state index is 0.237. The molecule has 0 atom stereocenters. The van der Waals surface area contributed by atoms with Gasteiger partial charge in [-0.05, 0) is 38.0 Å². The molecule has 0 saturated carbocycles. The predicted octanol–water partition coefficient (Wildman–Crippen LogP) is 2.93. The summed E-state index contributed by atoms with van der Waals surface area (Å²) < 4.78 is 10.00. The molecule has 6 heteroatoms.